The molecule has 0 bridgehead atoms. The topological polar surface area (TPSA) is 112 Å². The zero-order chi connectivity index (χ0) is 12.9. The molecular formula is C12H8N4O2. The van der Waals surface area contributed by atoms with E-state index in [-0.39, 0.29) is 34.6 Å². The molecule has 1 aliphatic rings. The molecule has 3 rings (SSSR count). The predicted octanol–water partition coefficient (Wildman–Crippen LogP) is 0.416. The highest BCUT2D eigenvalue weighted by molar-refractivity contribution is 6.27. The fourth-order valence-electron chi connectivity index (χ4n) is 1.91. The molecule has 0 atom stereocenters. The van der Waals surface area contributed by atoms with Crippen LogP contribution in [-0.4, -0.2) is 21.5 Å². The Morgan fingerprint density at radius 1 is 0.778 bits per heavy atom. The van der Waals surface area contributed by atoms with Crippen LogP contribution in [0.25, 0.3) is 0 Å². The third-order valence-electron chi connectivity index (χ3n) is 2.80. The van der Waals surface area contributed by atoms with E-state index in [1.807, 2.05) is 0 Å². The summed E-state index contributed by atoms with van der Waals surface area (Å²) in [5.74, 6) is -0.817. The lowest BCUT2D eigenvalue weighted by Gasteiger charge is -2.16. The molecule has 6 heteroatoms. The number of nitrogens with zero attached hydrogens (tertiary/aromatic N) is 2. The van der Waals surface area contributed by atoms with Crippen LogP contribution in [0, 0.1) is 0 Å². The van der Waals surface area contributed by atoms with E-state index in [4.69, 9.17) is 11.5 Å². The van der Waals surface area contributed by atoms with Crippen molar-refractivity contribution in [3.05, 3.63) is 46.8 Å². The van der Waals surface area contributed by atoms with E-state index in [0.717, 1.165) is 0 Å². The van der Waals surface area contributed by atoms with Crippen LogP contribution in [0.1, 0.15) is 32.1 Å². The summed E-state index contributed by atoms with van der Waals surface area (Å²) in [5.41, 5.74) is 11.6. The third-order valence-corrected chi connectivity index (χ3v) is 2.80. The van der Waals surface area contributed by atoms with Crippen molar-refractivity contribution in [2.24, 2.45) is 0 Å². The molecule has 0 saturated heterocycles. The van der Waals surface area contributed by atoms with Gasteiger partial charge in [0.05, 0.1) is 0 Å². The molecule has 0 aliphatic heterocycles. The van der Waals surface area contributed by atoms with Gasteiger partial charge in [0.2, 0.25) is 11.6 Å². The van der Waals surface area contributed by atoms with Crippen molar-refractivity contribution in [3.63, 3.8) is 0 Å². The van der Waals surface area contributed by atoms with Gasteiger partial charge in [0.15, 0.2) is 11.6 Å². The van der Waals surface area contributed by atoms with Gasteiger partial charge in [0, 0.05) is 11.1 Å². The van der Waals surface area contributed by atoms with Crippen LogP contribution in [0.3, 0.4) is 0 Å². The number of fused-ring (bicyclic) bond motifs is 2. The summed E-state index contributed by atoms with van der Waals surface area (Å²) in [6, 6.07) is 6.52. The van der Waals surface area contributed by atoms with Crippen molar-refractivity contribution in [2.75, 3.05) is 11.5 Å². The maximum absolute atomic E-state index is 12.2. The number of benzene rings is 1. The Kier molecular flexibility index (Phi) is 1.94. The molecule has 88 valence electrons. The lowest BCUT2D eigenvalue weighted by molar-refractivity contribution is 0.0972. The van der Waals surface area contributed by atoms with Crippen LogP contribution in [0.4, 0.5) is 11.6 Å². The highest BCUT2D eigenvalue weighted by Crippen LogP contribution is 2.26. The first-order chi connectivity index (χ1) is 8.59. The van der Waals surface area contributed by atoms with Gasteiger partial charge in [0.1, 0.15) is 11.4 Å². The zero-order valence-corrected chi connectivity index (χ0v) is 9.18. The summed E-state index contributed by atoms with van der Waals surface area (Å²) >= 11 is 0. The molecule has 0 spiro atoms. The van der Waals surface area contributed by atoms with Gasteiger partial charge in [-0.3, -0.25) is 9.59 Å². The quantitative estimate of drug-likeness (QED) is 0.588. The molecule has 1 heterocycles. The Morgan fingerprint density at radius 3 is 1.56 bits per heavy atom. The van der Waals surface area contributed by atoms with Crippen molar-refractivity contribution >= 4 is 23.2 Å². The number of aromatic nitrogens is 2. The van der Waals surface area contributed by atoms with E-state index >= 15 is 0 Å². The minimum Gasteiger partial charge on any atom is -0.381 e. The Bertz CT molecular complexity index is 649. The maximum atomic E-state index is 12.2. The van der Waals surface area contributed by atoms with E-state index in [1.165, 1.54) is 0 Å². The van der Waals surface area contributed by atoms with E-state index in [1.54, 1.807) is 24.3 Å². The lowest BCUT2D eigenvalue weighted by atomic mass is 9.90. The molecule has 18 heavy (non-hydrogen) atoms. The fraction of sp³-hybridized carbons (Fsp3) is 0. The molecule has 0 unspecified atom stereocenters. The van der Waals surface area contributed by atoms with E-state index in [0.29, 0.717) is 11.1 Å². The smallest absolute Gasteiger partial charge is 0.214 e. The van der Waals surface area contributed by atoms with Gasteiger partial charge in [-0.2, -0.15) is 0 Å². The van der Waals surface area contributed by atoms with Crippen LogP contribution >= 0.6 is 0 Å². The summed E-state index contributed by atoms with van der Waals surface area (Å²) in [6.45, 7) is 0. The van der Waals surface area contributed by atoms with Gasteiger partial charge >= 0.3 is 0 Å². The van der Waals surface area contributed by atoms with Crippen molar-refractivity contribution in [2.45, 2.75) is 0 Å². The van der Waals surface area contributed by atoms with Crippen molar-refractivity contribution in [1.29, 1.82) is 0 Å². The minimum atomic E-state index is -0.362. The Labute approximate surface area is 102 Å². The Balaban J connectivity index is 2.34. The Hall–Kier alpha value is -2.76. The van der Waals surface area contributed by atoms with Gasteiger partial charge in [-0.1, -0.05) is 24.3 Å². The van der Waals surface area contributed by atoms with Crippen LogP contribution in [0.15, 0.2) is 24.3 Å². The van der Waals surface area contributed by atoms with Gasteiger partial charge in [-0.05, 0) is 0 Å². The molecule has 2 aromatic rings. The van der Waals surface area contributed by atoms with E-state index in [9.17, 15) is 9.59 Å². The normalized spacial score (nSPS) is 13.1. The molecule has 4 N–H and O–H groups in total. The number of hydrogen-bond donors (Lipinski definition) is 2. The van der Waals surface area contributed by atoms with Gasteiger partial charge in [-0.15, -0.1) is 0 Å². The Morgan fingerprint density at radius 2 is 1.17 bits per heavy atom. The van der Waals surface area contributed by atoms with Crippen LogP contribution in [0.5, 0.6) is 0 Å². The van der Waals surface area contributed by atoms with Crippen LogP contribution < -0.4 is 11.5 Å². The molecular weight excluding hydrogens is 232 g/mol. The van der Waals surface area contributed by atoms with Gasteiger partial charge in [-0.25, -0.2) is 9.97 Å². The fourth-order valence-corrected chi connectivity index (χ4v) is 1.91. The second-order valence-electron chi connectivity index (χ2n) is 3.90. The number of rotatable bonds is 0. The number of nitrogen functional groups attached to an aromatic ring is 2. The average Bonchev–Trinajstić information content (AvgIpc) is 2.38. The highest BCUT2D eigenvalue weighted by atomic mass is 16.1. The first-order valence-corrected chi connectivity index (χ1v) is 5.21. The number of carbonyl (C=O) groups excluding carboxylic acids is 2. The summed E-state index contributed by atoms with van der Waals surface area (Å²) in [4.78, 5) is 32.1. The van der Waals surface area contributed by atoms with Crippen molar-refractivity contribution < 1.29 is 9.59 Å². The van der Waals surface area contributed by atoms with Gasteiger partial charge < -0.3 is 11.5 Å². The third kappa shape index (κ3) is 1.22. The maximum Gasteiger partial charge on any atom is 0.214 e. The van der Waals surface area contributed by atoms with Crippen LogP contribution in [0.2, 0.25) is 0 Å². The lowest BCUT2D eigenvalue weighted by Crippen LogP contribution is -2.25. The predicted molar refractivity (Wildman–Crippen MR) is 64.2 cm³/mol. The number of anilines is 2. The summed E-state index contributed by atoms with van der Waals surface area (Å²) in [5, 5.41) is 0. The zero-order valence-electron chi connectivity index (χ0n) is 9.18. The highest BCUT2D eigenvalue weighted by Gasteiger charge is 2.32. The average molecular weight is 240 g/mol. The van der Waals surface area contributed by atoms with Gasteiger partial charge in [0.25, 0.3) is 0 Å². The van der Waals surface area contributed by atoms with Crippen molar-refractivity contribution in [3.8, 4) is 0 Å². The summed E-state index contributed by atoms with van der Waals surface area (Å²) < 4.78 is 0. The largest absolute Gasteiger partial charge is 0.381 e. The molecule has 0 amide bonds. The monoisotopic (exact) mass is 240 g/mol. The summed E-state index contributed by atoms with van der Waals surface area (Å²) in [6.07, 6.45) is 0. The SMILES string of the molecule is Nc1nc2c(nc1N)C(=O)c1ccccc1C2=O. The second-order valence-corrected chi connectivity index (χ2v) is 3.90. The van der Waals surface area contributed by atoms with Crippen LogP contribution in [-0.2, 0) is 0 Å². The minimum absolute atomic E-state index is 0.0367. The molecule has 0 saturated carbocycles. The van der Waals surface area contributed by atoms with Crippen molar-refractivity contribution in [1.82, 2.24) is 9.97 Å². The summed E-state index contributed by atoms with van der Waals surface area (Å²) in [7, 11) is 0. The molecule has 1 aromatic heterocycles. The first kappa shape index (κ1) is 10.4. The number of carbonyl (C=O) groups is 2. The standard InChI is InChI=1S/C12H8N4O2/c13-11-12(14)16-8-7(15-11)9(17)5-3-1-2-4-6(5)10(8)18/h1-4H,(H2,13,15)(H2,14,16). The number of hydrogen-bond acceptors (Lipinski definition) is 6. The first-order valence-electron chi connectivity index (χ1n) is 5.21. The molecule has 1 aliphatic carbocycles. The second kappa shape index (κ2) is 3.36. The van der Waals surface area contributed by atoms with E-state index in [2.05, 4.69) is 9.97 Å². The molecule has 6 nitrogen and oxygen atoms in total. The van der Waals surface area contributed by atoms with E-state index < -0.39 is 0 Å². The molecule has 1 aromatic carbocycles. The molecule has 0 radical (unpaired) electrons. The number of nitrogens with two attached hydrogens (primary N) is 2. The molecule has 0 fully saturated rings. The number of ketones is 2.